The van der Waals surface area contributed by atoms with Crippen LogP contribution in [0.3, 0.4) is 0 Å². The van der Waals surface area contributed by atoms with Crippen molar-refractivity contribution in [3.63, 3.8) is 0 Å². The second-order valence-electron chi connectivity index (χ2n) is 10.8. The number of aromatic carboxylic acids is 1. The predicted octanol–water partition coefficient (Wildman–Crippen LogP) is 5.09. The van der Waals surface area contributed by atoms with Crippen LogP contribution in [0.4, 0.5) is 0 Å². The first-order valence-electron chi connectivity index (χ1n) is 12.8. The van der Waals surface area contributed by atoms with E-state index in [-0.39, 0.29) is 23.6 Å². The van der Waals surface area contributed by atoms with Gasteiger partial charge < -0.3 is 23.9 Å². The summed E-state index contributed by atoms with van der Waals surface area (Å²) in [6.07, 6.45) is 9.11. The molecule has 1 aromatic carbocycles. The molecule has 188 valence electrons. The number of hydrogen-bond acceptors (Lipinski definition) is 5. The number of pyridine rings is 1. The molecule has 0 bridgehead atoms. The van der Waals surface area contributed by atoms with Crippen molar-refractivity contribution < 1.29 is 24.1 Å². The number of hydrogen-bond donors (Lipinski definition) is 1. The normalized spacial score (nSPS) is 21.4. The highest BCUT2D eigenvalue weighted by atomic mass is 16.5. The molecule has 1 N–H and O–H groups in total. The van der Waals surface area contributed by atoms with Gasteiger partial charge >= 0.3 is 5.97 Å². The third-order valence-corrected chi connectivity index (χ3v) is 8.37. The van der Waals surface area contributed by atoms with Gasteiger partial charge in [-0.3, -0.25) is 4.79 Å². The molecule has 1 spiro atoms. The SMILES string of the molecule is COc1cc2c(cc1OC1CCC3(CCOCC3)CC1)CC(C(C)C)n1cc(C(=O)O)c(=O)cc1-2. The van der Waals surface area contributed by atoms with Gasteiger partial charge in [0.1, 0.15) is 5.56 Å². The minimum absolute atomic E-state index is 0.0421. The number of carboxylic acid groups (broad SMARTS) is 1. The summed E-state index contributed by atoms with van der Waals surface area (Å²) < 4.78 is 19.8. The van der Waals surface area contributed by atoms with Crippen molar-refractivity contribution >= 4 is 5.97 Å². The van der Waals surface area contributed by atoms with E-state index in [2.05, 4.69) is 19.9 Å². The van der Waals surface area contributed by atoms with Gasteiger partial charge in [-0.1, -0.05) is 13.8 Å². The van der Waals surface area contributed by atoms with Crippen LogP contribution in [0.2, 0.25) is 0 Å². The molecule has 1 unspecified atom stereocenters. The van der Waals surface area contributed by atoms with Gasteiger partial charge in [-0.25, -0.2) is 4.79 Å². The maximum atomic E-state index is 12.6. The molecule has 1 atom stereocenters. The fourth-order valence-corrected chi connectivity index (χ4v) is 6.15. The van der Waals surface area contributed by atoms with Crippen LogP contribution in [0.15, 0.2) is 29.2 Å². The number of methoxy groups -OCH3 is 1. The lowest BCUT2D eigenvalue weighted by atomic mass is 9.68. The smallest absolute Gasteiger partial charge is 0.341 e. The summed E-state index contributed by atoms with van der Waals surface area (Å²) in [7, 11) is 1.63. The van der Waals surface area contributed by atoms with Gasteiger partial charge in [-0.2, -0.15) is 0 Å². The van der Waals surface area contributed by atoms with E-state index in [0.29, 0.717) is 11.2 Å². The minimum atomic E-state index is -1.20. The standard InChI is InChI=1S/C28H35NO6/c1-17(2)22-12-18-13-26(35-19-4-6-28(7-5-19)8-10-34-11-9-28)25(33-3)14-20(18)23-15-24(30)21(27(31)32)16-29(22)23/h13-17,19,22H,4-12H2,1-3H3,(H,31,32). The molecule has 1 aliphatic carbocycles. The molecular formula is C28H35NO6. The fraction of sp³-hybridized carbons (Fsp3) is 0.571. The van der Waals surface area contributed by atoms with Gasteiger partial charge in [0.05, 0.1) is 18.9 Å². The first kappa shape index (κ1) is 23.9. The second-order valence-corrected chi connectivity index (χ2v) is 10.8. The number of aromatic nitrogens is 1. The lowest BCUT2D eigenvalue weighted by Crippen LogP contribution is -2.36. The van der Waals surface area contributed by atoms with Gasteiger partial charge in [-0.05, 0) is 74.0 Å². The van der Waals surface area contributed by atoms with Crippen molar-refractivity contribution in [2.45, 2.75) is 70.9 Å². The molecule has 7 nitrogen and oxygen atoms in total. The van der Waals surface area contributed by atoms with E-state index in [1.165, 1.54) is 25.1 Å². The predicted molar refractivity (Wildman–Crippen MR) is 133 cm³/mol. The minimum Gasteiger partial charge on any atom is -0.493 e. The van der Waals surface area contributed by atoms with Crippen LogP contribution in [-0.2, 0) is 11.2 Å². The largest absolute Gasteiger partial charge is 0.493 e. The molecule has 0 amide bonds. The maximum absolute atomic E-state index is 12.6. The highest BCUT2D eigenvalue weighted by Gasteiger charge is 2.38. The number of carbonyl (C=O) groups is 1. The molecule has 7 heteroatoms. The first-order chi connectivity index (χ1) is 16.8. The van der Waals surface area contributed by atoms with E-state index < -0.39 is 11.4 Å². The van der Waals surface area contributed by atoms with Gasteiger partial charge in [0.25, 0.3) is 0 Å². The fourth-order valence-electron chi connectivity index (χ4n) is 6.15. The summed E-state index contributed by atoms with van der Waals surface area (Å²) in [5.74, 6) is 0.445. The lowest BCUT2D eigenvalue weighted by Gasteiger charge is -2.42. The van der Waals surface area contributed by atoms with E-state index in [1.807, 2.05) is 10.6 Å². The van der Waals surface area contributed by atoms with Crippen molar-refractivity contribution in [3.05, 3.63) is 45.7 Å². The topological polar surface area (TPSA) is 87.0 Å². The second kappa shape index (κ2) is 9.34. The highest BCUT2D eigenvalue weighted by Crippen LogP contribution is 2.47. The molecule has 5 rings (SSSR count). The molecule has 1 aromatic heterocycles. The zero-order valence-electron chi connectivity index (χ0n) is 20.8. The van der Waals surface area contributed by atoms with E-state index in [1.54, 1.807) is 7.11 Å². The molecule has 2 fully saturated rings. The van der Waals surface area contributed by atoms with E-state index in [0.717, 1.165) is 67.9 Å². The number of rotatable bonds is 5. The molecule has 3 aliphatic rings. The quantitative estimate of drug-likeness (QED) is 0.640. The van der Waals surface area contributed by atoms with Crippen molar-refractivity contribution in [3.8, 4) is 22.8 Å². The van der Waals surface area contributed by atoms with Crippen LogP contribution in [0.5, 0.6) is 11.5 Å². The van der Waals surface area contributed by atoms with Crippen LogP contribution in [0, 0.1) is 11.3 Å². The monoisotopic (exact) mass is 481 g/mol. The Kier molecular flexibility index (Phi) is 6.38. The number of fused-ring (bicyclic) bond motifs is 3. The van der Waals surface area contributed by atoms with E-state index >= 15 is 0 Å². The van der Waals surface area contributed by atoms with Crippen LogP contribution in [0.1, 0.15) is 74.3 Å². The third-order valence-electron chi connectivity index (χ3n) is 8.37. The summed E-state index contributed by atoms with van der Waals surface area (Å²) in [4.78, 5) is 24.2. The number of ether oxygens (including phenoxy) is 3. The summed E-state index contributed by atoms with van der Waals surface area (Å²) in [5.41, 5.74) is 2.46. The molecule has 35 heavy (non-hydrogen) atoms. The number of carboxylic acids is 1. The Bertz CT molecular complexity index is 1170. The van der Waals surface area contributed by atoms with Gasteiger partial charge in [0.2, 0.25) is 0 Å². The molecule has 2 aromatic rings. The number of nitrogens with zero attached hydrogens (tertiary/aromatic N) is 1. The van der Waals surface area contributed by atoms with Gasteiger partial charge in [-0.15, -0.1) is 0 Å². The Morgan fingerprint density at radius 3 is 2.46 bits per heavy atom. The third kappa shape index (κ3) is 4.46. The Balaban J connectivity index is 1.46. The van der Waals surface area contributed by atoms with Crippen molar-refractivity contribution in [1.82, 2.24) is 4.57 Å². The Morgan fingerprint density at radius 2 is 1.83 bits per heavy atom. The van der Waals surface area contributed by atoms with Crippen molar-refractivity contribution in [2.24, 2.45) is 11.3 Å². The van der Waals surface area contributed by atoms with Crippen LogP contribution in [-0.4, -0.2) is 42.1 Å². The molecule has 1 saturated heterocycles. The summed E-state index contributed by atoms with van der Waals surface area (Å²) in [6.45, 7) is 5.99. The van der Waals surface area contributed by atoms with Crippen LogP contribution < -0.4 is 14.9 Å². The molecule has 0 radical (unpaired) electrons. The number of benzene rings is 1. The van der Waals surface area contributed by atoms with Crippen molar-refractivity contribution in [2.75, 3.05) is 20.3 Å². The molecule has 2 aliphatic heterocycles. The molecule has 3 heterocycles. The molecule has 1 saturated carbocycles. The van der Waals surface area contributed by atoms with Crippen molar-refractivity contribution in [1.29, 1.82) is 0 Å². The lowest BCUT2D eigenvalue weighted by molar-refractivity contribution is -0.0239. The maximum Gasteiger partial charge on any atom is 0.341 e. The van der Waals surface area contributed by atoms with Crippen LogP contribution >= 0.6 is 0 Å². The Labute approximate surface area is 206 Å². The van der Waals surface area contributed by atoms with Gasteiger partial charge in [0.15, 0.2) is 16.9 Å². The Hall–Kier alpha value is -2.80. The summed E-state index contributed by atoms with van der Waals surface area (Å²) in [5, 5.41) is 9.49. The van der Waals surface area contributed by atoms with Crippen LogP contribution in [0.25, 0.3) is 11.3 Å². The molecular weight excluding hydrogens is 446 g/mol. The average molecular weight is 482 g/mol. The van der Waals surface area contributed by atoms with E-state index in [4.69, 9.17) is 14.2 Å². The highest BCUT2D eigenvalue weighted by molar-refractivity contribution is 5.88. The van der Waals surface area contributed by atoms with E-state index in [9.17, 15) is 14.7 Å². The summed E-state index contributed by atoms with van der Waals surface area (Å²) >= 11 is 0. The zero-order valence-corrected chi connectivity index (χ0v) is 20.8. The first-order valence-corrected chi connectivity index (χ1v) is 12.8. The average Bonchev–Trinajstić information content (AvgIpc) is 2.84. The van der Waals surface area contributed by atoms with Gasteiger partial charge in [0, 0.05) is 37.1 Å². The zero-order chi connectivity index (χ0) is 24.7. The summed E-state index contributed by atoms with van der Waals surface area (Å²) in [6, 6.07) is 5.50. The Morgan fingerprint density at radius 1 is 1.11 bits per heavy atom.